The molecule has 0 spiro atoms. The Morgan fingerprint density at radius 1 is 1.55 bits per heavy atom. The summed E-state index contributed by atoms with van der Waals surface area (Å²) in [4.78, 5) is 10.0. The van der Waals surface area contributed by atoms with E-state index in [-0.39, 0.29) is 6.10 Å². The largest absolute Gasteiger partial charge is 0.374 e. The summed E-state index contributed by atoms with van der Waals surface area (Å²) in [5, 5.41) is 0. The van der Waals surface area contributed by atoms with Crippen LogP contribution in [-0.2, 0) is 9.53 Å². The zero-order chi connectivity index (χ0) is 8.69. The lowest BCUT2D eigenvalue weighted by atomic mass is 10.3. The predicted molar refractivity (Wildman–Crippen MR) is 45.5 cm³/mol. The highest BCUT2D eigenvalue weighted by atomic mass is 16.5. The average molecular weight is 156 g/mol. The standard InChI is InChI=1S/C9H16O2/c1-8(2)5-7-11-9(3)4-6-10/h5-6,9H,4,7H2,1-3H3. The Morgan fingerprint density at radius 2 is 2.18 bits per heavy atom. The molecule has 2 heteroatoms. The smallest absolute Gasteiger partial charge is 0.122 e. The number of aldehydes is 1. The molecule has 0 aromatic carbocycles. The molecule has 0 aromatic rings. The van der Waals surface area contributed by atoms with Crippen molar-refractivity contribution >= 4 is 6.29 Å². The van der Waals surface area contributed by atoms with Crippen molar-refractivity contribution in [2.75, 3.05) is 6.61 Å². The van der Waals surface area contributed by atoms with Crippen molar-refractivity contribution in [1.29, 1.82) is 0 Å². The molecule has 11 heavy (non-hydrogen) atoms. The van der Waals surface area contributed by atoms with Crippen molar-refractivity contribution in [2.24, 2.45) is 0 Å². The van der Waals surface area contributed by atoms with Crippen molar-refractivity contribution < 1.29 is 9.53 Å². The molecule has 0 fully saturated rings. The fourth-order valence-electron chi connectivity index (χ4n) is 0.583. The van der Waals surface area contributed by atoms with E-state index in [0.717, 1.165) is 6.29 Å². The summed E-state index contributed by atoms with van der Waals surface area (Å²) in [5.41, 5.74) is 1.24. The first-order valence-corrected chi connectivity index (χ1v) is 3.85. The van der Waals surface area contributed by atoms with Gasteiger partial charge in [-0.05, 0) is 20.8 Å². The number of rotatable bonds is 5. The van der Waals surface area contributed by atoms with Gasteiger partial charge >= 0.3 is 0 Å². The third kappa shape index (κ3) is 7.26. The minimum Gasteiger partial charge on any atom is -0.374 e. The maximum absolute atomic E-state index is 10.0. The maximum Gasteiger partial charge on any atom is 0.122 e. The molecule has 0 aliphatic carbocycles. The molecule has 0 N–H and O–H groups in total. The number of carbonyl (C=O) groups excluding carboxylic acids is 1. The predicted octanol–water partition coefficient (Wildman–Crippen LogP) is 1.95. The normalized spacial score (nSPS) is 12.3. The minimum atomic E-state index is 0.0445. The van der Waals surface area contributed by atoms with E-state index in [1.165, 1.54) is 5.57 Å². The molecule has 64 valence electrons. The van der Waals surface area contributed by atoms with E-state index in [2.05, 4.69) is 0 Å². The van der Waals surface area contributed by atoms with Gasteiger partial charge in [0.2, 0.25) is 0 Å². The Hall–Kier alpha value is -0.630. The van der Waals surface area contributed by atoms with E-state index in [0.29, 0.717) is 13.0 Å². The first-order valence-electron chi connectivity index (χ1n) is 3.85. The van der Waals surface area contributed by atoms with Gasteiger partial charge in [0.15, 0.2) is 0 Å². The van der Waals surface area contributed by atoms with Crippen LogP contribution in [-0.4, -0.2) is 19.0 Å². The van der Waals surface area contributed by atoms with Gasteiger partial charge in [-0.1, -0.05) is 11.6 Å². The zero-order valence-electron chi connectivity index (χ0n) is 7.46. The summed E-state index contributed by atoms with van der Waals surface area (Å²) >= 11 is 0. The Morgan fingerprint density at radius 3 is 2.64 bits per heavy atom. The van der Waals surface area contributed by atoms with Crippen LogP contribution in [0.2, 0.25) is 0 Å². The lowest BCUT2D eigenvalue weighted by Gasteiger charge is -2.06. The van der Waals surface area contributed by atoms with E-state index in [9.17, 15) is 4.79 Å². The van der Waals surface area contributed by atoms with Crippen LogP contribution in [0.5, 0.6) is 0 Å². The summed E-state index contributed by atoms with van der Waals surface area (Å²) in [6, 6.07) is 0. The Bertz CT molecular complexity index is 134. The van der Waals surface area contributed by atoms with Crippen molar-refractivity contribution in [1.82, 2.24) is 0 Å². The number of hydrogen-bond acceptors (Lipinski definition) is 2. The van der Waals surface area contributed by atoms with E-state index in [1.807, 2.05) is 26.8 Å². The summed E-state index contributed by atoms with van der Waals surface area (Å²) in [6.45, 7) is 6.55. The molecule has 0 aliphatic heterocycles. The van der Waals surface area contributed by atoms with Gasteiger partial charge < -0.3 is 9.53 Å². The summed E-state index contributed by atoms with van der Waals surface area (Å²) in [5.74, 6) is 0. The lowest BCUT2D eigenvalue weighted by molar-refractivity contribution is -0.109. The molecule has 2 nitrogen and oxygen atoms in total. The highest BCUT2D eigenvalue weighted by molar-refractivity contribution is 5.49. The molecule has 1 unspecified atom stereocenters. The second-order valence-corrected chi connectivity index (χ2v) is 2.83. The third-order valence-corrected chi connectivity index (χ3v) is 1.30. The second kappa shape index (κ2) is 6.10. The zero-order valence-corrected chi connectivity index (χ0v) is 7.46. The lowest BCUT2D eigenvalue weighted by Crippen LogP contribution is -2.08. The van der Waals surface area contributed by atoms with Gasteiger partial charge in [0.1, 0.15) is 6.29 Å². The summed E-state index contributed by atoms with van der Waals surface area (Å²) in [7, 11) is 0. The molecular weight excluding hydrogens is 140 g/mol. The number of carbonyl (C=O) groups is 1. The van der Waals surface area contributed by atoms with Crippen LogP contribution < -0.4 is 0 Å². The fourth-order valence-corrected chi connectivity index (χ4v) is 0.583. The molecule has 0 saturated heterocycles. The molecular formula is C9H16O2. The van der Waals surface area contributed by atoms with Crippen LogP contribution >= 0.6 is 0 Å². The van der Waals surface area contributed by atoms with Crippen LogP contribution in [0.4, 0.5) is 0 Å². The van der Waals surface area contributed by atoms with Crippen LogP contribution in [0, 0.1) is 0 Å². The first kappa shape index (κ1) is 10.4. The van der Waals surface area contributed by atoms with Gasteiger partial charge in [-0.25, -0.2) is 0 Å². The van der Waals surface area contributed by atoms with E-state index in [4.69, 9.17) is 4.74 Å². The quantitative estimate of drug-likeness (QED) is 0.449. The number of ether oxygens (including phenoxy) is 1. The molecule has 0 saturated carbocycles. The van der Waals surface area contributed by atoms with E-state index >= 15 is 0 Å². The Labute approximate surface area is 68.2 Å². The van der Waals surface area contributed by atoms with Crippen LogP contribution in [0.1, 0.15) is 27.2 Å². The van der Waals surface area contributed by atoms with Crippen molar-refractivity contribution in [3.8, 4) is 0 Å². The van der Waals surface area contributed by atoms with Crippen molar-refractivity contribution in [2.45, 2.75) is 33.3 Å². The Balaban J connectivity index is 3.38. The molecule has 0 bridgehead atoms. The van der Waals surface area contributed by atoms with Crippen LogP contribution in [0.3, 0.4) is 0 Å². The minimum absolute atomic E-state index is 0.0445. The molecule has 0 amide bonds. The van der Waals surface area contributed by atoms with Gasteiger partial charge in [0.05, 0.1) is 12.7 Å². The van der Waals surface area contributed by atoms with E-state index < -0.39 is 0 Å². The molecule has 0 aromatic heterocycles. The van der Waals surface area contributed by atoms with Crippen molar-refractivity contribution in [3.05, 3.63) is 11.6 Å². The molecule has 0 aliphatic rings. The highest BCUT2D eigenvalue weighted by Gasteiger charge is 1.97. The SMILES string of the molecule is CC(C)=CCOC(C)CC=O. The summed E-state index contributed by atoms with van der Waals surface area (Å²) < 4.78 is 5.29. The van der Waals surface area contributed by atoms with Gasteiger partial charge in [-0.15, -0.1) is 0 Å². The molecule has 1 atom stereocenters. The summed E-state index contributed by atoms with van der Waals surface area (Å²) in [6.07, 6.45) is 3.41. The van der Waals surface area contributed by atoms with Gasteiger partial charge in [-0.2, -0.15) is 0 Å². The second-order valence-electron chi connectivity index (χ2n) is 2.83. The molecule has 0 heterocycles. The average Bonchev–Trinajstić information content (AvgIpc) is 1.87. The number of hydrogen-bond donors (Lipinski definition) is 0. The van der Waals surface area contributed by atoms with Crippen LogP contribution in [0.25, 0.3) is 0 Å². The third-order valence-electron chi connectivity index (χ3n) is 1.30. The number of allylic oxidation sites excluding steroid dienone is 1. The highest BCUT2D eigenvalue weighted by Crippen LogP contribution is 1.96. The van der Waals surface area contributed by atoms with Crippen molar-refractivity contribution in [3.63, 3.8) is 0 Å². The Kier molecular flexibility index (Phi) is 5.75. The molecule has 0 radical (unpaired) electrons. The topological polar surface area (TPSA) is 26.3 Å². The maximum atomic E-state index is 10.0. The van der Waals surface area contributed by atoms with Gasteiger partial charge in [0, 0.05) is 6.42 Å². The molecule has 0 rings (SSSR count). The fraction of sp³-hybridized carbons (Fsp3) is 0.667. The first-order chi connectivity index (χ1) is 5.16. The van der Waals surface area contributed by atoms with Gasteiger partial charge in [-0.3, -0.25) is 0 Å². The van der Waals surface area contributed by atoms with Gasteiger partial charge in [0.25, 0.3) is 0 Å². The van der Waals surface area contributed by atoms with Crippen LogP contribution in [0.15, 0.2) is 11.6 Å². The monoisotopic (exact) mass is 156 g/mol. The van der Waals surface area contributed by atoms with E-state index in [1.54, 1.807) is 0 Å².